The largest absolute Gasteiger partial charge is 0.480 e. The summed E-state index contributed by atoms with van der Waals surface area (Å²) in [5.41, 5.74) is -1.08. The maximum Gasteiger partial charge on any atom is 0.329 e. The number of rotatable bonds is 3. The first-order valence-corrected chi connectivity index (χ1v) is 7.36. The van der Waals surface area contributed by atoms with E-state index >= 15 is 0 Å². The van der Waals surface area contributed by atoms with Crippen molar-refractivity contribution in [2.45, 2.75) is 38.1 Å². The van der Waals surface area contributed by atoms with Crippen LogP contribution in [0.4, 0.5) is 0 Å². The number of carbonyl (C=O) groups excluding carboxylic acids is 1. The highest BCUT2D eigenvalue weighted by molar-refractivity contribution is 7.16. The Balaban J connectivity index is 2.22. The quantitative estimate of drug-likeness (QED) is 0.934. The third kappa shape index (κ3) is 2.49. The molecular formula is C13H16ClNO3S. The van der Waals surface area contributed by atoms with E-state index in [1.54, 1.807) is 19.9 Å². The first-order chi connectivity index (χ1) is 8.86. The van der Waals surface area contributed by atoms with Gasteiger partial charge in [-0.2, -0.15) is 0 Å². The van der Waals surface area contributed by atoms with Crippen LogP contribution in [-0.4, -0.2) is 34.0 Å². The molecule has 1 amide bonds. The topological polar surface area (TPSA) is 57.6 Å². The predicted octanol–water partition coefficient (Wildman–Crippen LogP) is 2.97. The number of carboxylic acid groups (broad SMARTS) is 1. The second-order valence-corrected chi connectivity index (χ2v) is 6.78. The fourth-order valence-corrected chi connectivity index (χ4v) is 3.56. The van der Waals surface area contributed by atoms with Gasteiger partial charge in [0.15, 0.2) is 0 Å². The normalized spacial score (nSPS) is 24.5. The monoisotopic (exact) mass is 301 g/mol. The van der Waals surface area contributed by atoms with Crippen molar-refractivity contribution in [1.29, 1.82) is 0 Å². The molecule has 0 saturated carbocycles. The highest BCUT2D eigenvalue weighted by Crippen LogP contribution is 2.35. The predicted molar refractivity (Wildman–Crippen MR) is 74.7 cm³/mol. The molecule has 2 unspecified atom stereocenters. The standard InChI is InChI=1S/C13H16ClNO3S/c1-8(9-4-5-10(14)19-9)11(16)15-7-3-6-13(15,2)12(17)18/h4-5,8H,3,6-7H2,1-2H3,(H,17,18). The number of thiophene rings is 1. The van der Waals surface area contributed by atoms with Gasteiger partial charge in [-0.15, -0.1) is 11.3 Å². The van der Waals surface area contributed by atoms with Gasteiger partial charge in [-0.25, -0.2) is 4.79 Å². The van der Waals surface area contributed by atoms with Gasteiger partial charge < -0.3 is 10.0 Å². The average Bonchev–Trinajstić information content (AvgIpc) is 2.94. The molecule has 1 aliphatic heterocycles. The van der Waals surface area contributed by atoms with Crippen LogP contribution in [-0.2, 0) is 9.59 Å². The van der Waals surface area contributed by atoms with E-state index in [1.165, 1.54) is 16.2 Å². The Kier molecular flexibility index (Phi) is 3.87. The Morgan fingerprint density at radius 3 is 2.74 bits per heavy atom. The fourth-order valence-electron chi connectivity index (χ4n) is 2.46. The lowest BCUT2D eigenvalue weighted by atomic mass is 9.97. The van der Waals surface area contributed by atoms with Crippen LogP contribution in [0.15, 0.2) is 12.1 Å². The second kappa shape index (κ2) is 5.13. The molecule has 0 bridgehead atoms. The number of hydrogen-bond acceptors (Lipinski definition) is 3. The molecule has 1 aliphatic rings. The summed E-state index contributed by atoms with van der Waals surface area (Å²) < 4.78 is 0.636. The number of carboxylic acids is 1. The second-order valence-electron chi connectivity index (χ2n) is 5.04. The van der Waals surface area contributed by atoms with E-state index in [-0.39, 0.29) is 11.8 Å². The fraction of sp³-hybridized carbons (Fsp3) is 0.538. The lowest BCUT2D eigenvalue weighted by molar-refractivity contribution is -0.155. The molecule has 2 heterocycles. The Bertz CT molecular complexity index is 516. The SMILES string of the molecule is CC(C(=O)N1CCCC1(C)C(=O)O)c1ccc(Cl)s1. The Morgan fingerprint density at radius 1 is 1.53 bits per heavy atom. The van der Waals surface area contributed by atoms with E-state index in [2.05, 4.69) is 0 Å². The van der Waals surface area contributed by atoms with Gasteiger partial charge >= 0.3 is 5.97 Å². The minimum atomic E-state index is -1.08. The first-order valence-electron chi connectivity index (χ1n) is 6.16. The lowest BCUT2D eigenvalue weighted by Gasteiger charge is -2.33. The van der Waals surface area contributed by atoms with Crippen LogP contribution in [0, 0.1) is 0 Å². The Hall–Kier alpha value is -1.07. The molecule has 2 atom stereocenters. The number of carbonyl (C=O) groups is 2. The van der Waals surface area contributed by atoms with Crippen LogP contribution in [0.5, 0.6) is 0 Å². The van der Waals surface area contributed by atoms with E-state index in [1.807, 2.05) is 6.07 Å². The summed E-state index contributed by atoms with van der Waals surface area (Å²) in [5.74, 6) is -1.43. The molecule has 1 saturated heterocycles. The minimum absolute atomic E-state index is 0.138. The molecule has 6 heteroatoms. The van der Waals surface area contributed by atoms with E-state index in [0.717, 1.165) is 11.3 Å². The zero-order chi connectivity index (χ0) is 14.2. The minimum Gasteiger partial charge on any atom is -0.480 e. The van der Waals surface area contributed by atoms with Crippen LogP contribution < -0.4 is 0 Å². The van der Waals surface area contributed by atoms with Gasteiger partial charge in [-0.3, -0.25) is 4.79 Å². The van der Waals surface area contributed by atoms with Crippen molar-refractivity contribution in [1.82, 2.24) is 4.90 Å². The Labute approximate surface area is 121 Å². The summed E-state index contributed by atoms with van der Waals surface area (Å²) in [6.45, 7) is 3.92. The van der Waals surface area contributed by atoms with Gasteiger partial charge in [0.1, 0.15) is 5.54 Å². The van der Waals surface area contributed by atoms with Crippen LogP contribution in [0.2, 0.25) is 4.34 Å². The lowest BCUT2D eigenvalue weighted by Crippen LogP contribution is -2.51. The van der Waals surface area contributed by atoms with Crippen LogP contribution in [0.3, 0.4) is 0 Å². The Morgan fingerprint density at radius 2 is 2.21 bits per heavy atom. The molecule has 1 aromatic rings. The maximum absolute atomic E-state index is 12.5. The summed E-state index contributed by atoms with van der Waals surface area (Å²) in [7, 11) is 0. The number of halogens is 1. The van der Waals surface area contributed by atoms with Crippen molar-refractivity contribution >= 4 is 34.8 Å². The molecule has 0 radical (unpaired) electrons. The molecular weight excluding hydrogens is 286 g/mol. The number of nitrogens with zero attached hydrogens (tertiary/aromatic N) is 1. The molecule has 0 spiro atoms. The molecule has 4 nitrogen and oxygen atoms in total. The van der Waals surface area contributed by atoms with Crippen LogP contribution in [0.25, 0.3) is 0 Å². The van der Waals surface area contributed by atoms with E-state index in [9.17, 15) is 14.7 Å². The molecule has 0 aromatic carbocycles. The number of aliphatic carboxylic acids is 1. The summed E-state index contributed by atoms with van der Waals surface area (Å²) >= 11 is 7.24. The summed E-state index contributed by atoms with van der Waals surface area (Å²) in [6, 6.07) is 3.58. The highest BCUT2D eigenvalue weighted by Gasteiger charge is 2.46. The third-order valence-electron chi connectivity index (χ3n) is 3.76. The maximum atomic E-state index is 12.5. The third-order valence-corrected chi connectivity index (χ3v) is 5.17. The van der Waals surface area contributed by atoms with E-state index in [0.29, 0.717) is 17.3 Å². The molecule has 2 rings (SSSR count). The number of likely N-dealkylation sites (tertiary alicyclic amines) is 1. The average molecular weight is 302 g/mol. The van der Waals surface area contributed by atoms with E-state index in [4.69, 9.17) is 11.6 Å². The molecule has 1 fully saturated rings. The van der Waals surface area contributed by atoms with E-state index < -0.39 is 11.5 Å². The molecule has 0 aliphatic carbocycles. The summed E-state index contributed by atoms with van der Waals surface area (Å²) in [6.07, 6.45) is 1.23. The van der Waals surface area contributed by atoms with Gasteiger partial charge in [0.25, 0.3) is 0 Å². The van der Waals surface area contributed by atoms with Gasteiger partial charge in [0, 0.05) is 11.4 Å². The van der Waals surface area contributed by atoms with Crippen molar-refractivity contribution in [3.63, 3.8) is 0 Å². The smallest absolute Gasteiger partial charge is 0.329 e. The van der Waals surface area contributed by atoms with Crippen molar-refractivity contribution in [3.8, 4) is 0 Å². The van der Waals surface area contributed by atoms with Gasteiger partial charge in [0.2, 0.25) is 5.91 Å². The van der Waals surface area contributed by atoms with Crippen molar-refractivity contribution < 1.29 is 14.7 Å². The van der Waals surface area contributed by atoms with Crippen LogP contribution >= 0.6 is 22.9 Å². The van der Waals surface area contributed by atoms with Gasteiger partial charge in [0.05, 0.1) is 10.3 Å². The molecule has 104 valence electrons. The van der Waals surface area contributed by atoms with Gasteiger partial charge in [-0.1, -0.05) is 11.6 Å². The first kappa shape index (κ1) is 14.3. The van der Waals surface area contributed by atoms with Crippen molar-refractivity contribution in [2.75, 3.05) is 6.54 Å². The van der Waals surface area contributed by atoms with Crippen LogP contribution in [0.1, 0.15) is 37.5 Å². The zero-order valence-electron chi connectivity index (χ0n) is 10.9. The molecule has 19 heavy (non-hydrogen) atoms. The number of amides is 1. The summed E-state index contributed by atoms with van der Waals surface area (Å²) in [5, 5.41) is 9.34. The number of hydrogen-bond donors (Lipinski definition) is 1. The summed E-state index contributed by atoms with van der Waals surface area (Å²) in [4.78, 5) is 26.3. The molecule has 1 aromatic heterocycles. The molecule has 1 N–H and O–H groups in total. The zero-order valence-corrected chi connectivity index (χ0v) is 12.4. The van der Waals surface area contributed by atoms with Gasteiger partial charge in [-0.05, 0) is 38.8 Å². The highest BCUT2D eigenvalue weighted by atomic mass is 35.5. The van der Waals surface area contributed by atoms with Crippen molar-refractivity contribution in [2.24, 2.45) is 0 Å². The van der Waals surface area contributed by atoms with Crippen molar-refractivity contribution in [3.05, 3.63) is 21.3 Å².